The van der Waals surface area contributed by atoms with E-state index in [1.807, 2.05) is 50.8 Å². The number of hydrogen-bond acceptors (Lipinski definition) is 4. The maximum absolute atomic E-state index is 14.0. The summed E-state index contributed by atoms with van der Waals surface area (Å²) in [5.74, 6) is 0.444. The van der Waals surface area contributed by atoms with Crippen LogP contribution in [0.3, 0.4) is 0 Å². The Kier molecular flexibility index (Phi) is 9.24. The number of nitrogens with zero attached hydrogens (tertiary/aromatic N) is 2. The summed E-state index contributed by atoms with van der Waals surface area (Å²) in [6.45, 7) is 8.38. The highest BCUT2D eigenvalue weighted by Gasteiger charge is 2.29. The lowest BCUT2D eigenvalue weighted by Gasteiger charge is -2.35. The fourth-order valence-corrected chi connectivity index (χ4v) is 5.63. The van der Waals surface area contributed by atoms with E-state index in [0.29, 0.717) is 29.4 Å². The summed E-state index contributed by atoms with van der Waals surface area (Å²) in [5, 5.41) is 4.38. The highest BCUT2D eigenvalue weighted by Crippen LogP contribution is 2.32. The van der Waals surface area contributed by atoms with Crippen molar-refractivity contribution in [3.63, 3.8) is 0 Å². The van der Waals surface area contributed by atoms with Crippen molar-refractivity contribution in [2.45, 2.75) is 72.3 Å². The van der Waals surface area contributed by atoms with Gasteiger partial charge in [0.2, 0.25) is 11.8 Å². The molecule has 0 aliphatic heterocycles. The Balaban J connectivity index is 1.67. The second kappa shape index (κ2) is 12.5. The Morgan fingerprint density at radius 3 is 2.35 bits per heavy atom. The molecular weight excluding hydrogens is 526 g/mol. The zero-order valence-corrected chi connectivity index (χ0v) is 24.9. The predicted octanol–water partition coefficient (Wildman–Crippen LogP) is 6.17. The summed E-state index contributed by atoms with van der Waals surface area (Å²) in [6.07, 6.45) is 5.44. The van der Waals surface area contributed by atoms with Crippen LogP contribution in [0, 0.1) is 12.3 Å². The first-order valence-corrected chi connectivity index (χ1v) is 14.4. The standard InChI is InChI=1S/C32H40ClN3O4/c1-21-26(20-29(37)35(24-9-7-6-8-10-24)18-17-34-31(39)32(2,3)4)27-19-25(40-5)15-16-28(27)36(21)30(38)22-11-13-23(33)14-12-22/h11-16,19,24H,6-10,17-18,20H2,1-5H3,(H,34,39). The van der Waals surface area contributed by atoms with E-state index in [1.165, 1.54) is 6.42 Å². The molecule has 40 heavy (non-hydrogen) atoms. The van der Waals surface area contributed by atoms with Gasteiger partial charge in [0.25, 0.3) is 5.91 Å². The fraction of sp³-hybridized carbons (Fsp3) is 0.469. The molecule has 1 aromatic heterocycles. The van der Waals surface area contributed by atoms with Gasteiger partial charge in [-0.1, -0.05) is 51.6 Å². The van der Waals surface area contributed by atoms with Crippen molar-refractivity contribution < 1.29 is 19.1 Å². The first-order valence-electron chi connectivity index (χ1n) is 14.1. The third-order valence-electron chi connectivity index (χ3n) is 7.82. The van der Waals surface area contributed by atoms with Gasteiger partial charge in [-0.3, -0.25) is 19.0 Å². The van der Waals surface area contributed by atoms with Crippen LogP contribution in [0.15, 0.2) is 42.5 Å². The Bertz CT molecular complexity index is 1380. The van der Waals surface area contributed by atoms with Crippen LogP contribution < -0.4 is 10.1 Å². The van der Waals surface area contributed by atoms with Gasteiger partial charge in [0.05, 0.1) is 19.0 Å². The third kappa shape index (κ3) is 6.52. The fourth-order valence-electron chi connectivity index (χ4n) is 5.51. The molecule has 0 radical (unpaired) electrons. The maximum Gasteiger partial charge on any atom is 0.262 e. The van der Waals surface area contributed by atoms with Gasteiger partial charge in [-0.2, -0.15) is 0 Å². The molecule has 1 heterocycles. The van der Waals surface area contributed by atoms with Gasteiger partial charge in [-0.15, -0.1) is 0 Å². The summed E-state index contributed by atoms with van der Waals surface area (Å²) in [6, 6.07) is 12.5. The van der Waals surface area contributed by atoms with Crippen molar-refractivity contribution in [1.29, 1.82) is 0 Å². The van der Waals surface area contributed by atoms with Gasteiger partial charge < -0.3 is 15.0 Å². The predicted molar refractivity (Wildman–Crippen MR) is 159 cm³/mol. The molecule has 0 atom stereocenters. The molecule has 0 unspecified atom stereocenters. The van der Waals surface area contributed by atoms with Crippen molar-refractivity contribution in [2.24, 2.45) is 5.41 Å². The molecule has 2 amide bonds. The second-order valence-electron chi connectivity index (χ2n) is 11.7. The van der Waals surface area contributed by atoms with Crippen LogP contribution >= 0.6 is 11.6 Å². The minimum atomic E-state index is -0.492. The van der Waals surface area contributed by atoms with Crippen LogP contribution in [-0.4, -0.2) is 53.4 Å². The molecule has 3 aromatic rings. The van der Waals surface area contributed by atoms with Crippen LogP contribution in [0.25, 0.3) is 10.9 Å². The van der Waals surface area contributed by atoms with E-state index in [9.17, 15) is 14.4 Å². The van der Waals surface area contributed by atoms with Crippen molar-refractivity contribution in [3.8, 4) is 5.75 Å². The average molecular weight is 566 g/mol. The minimum absolute atomic E-state index is 0.000759. The lowest BCUT2D eigenvalue weighted by molar-refractivity contribution is -0.134. The minimum Gasteiger partial charge on any atom is -0.497 e. The van der Waals surface area contributed by atoms with Crippen molar-refractivity contribution in [2.75, 3.05) is 20.2 Å². The summed E-state index contributed by atoms with van der Waals surface area (Å²) in [7, 11) is 1.60. The number of nitrogens with one attached hydrogen (secondary N) is 1. The van der Waals surface area contributed by atoms with Crippen molar-refractivity contribution in [3.05, 3.63) is 64.3 Å². The zero-order chi connectivity index (χ0) is 29.0. The number of fused-ring (bicyclic) bond motifs is 1. The first-order chi connectivity index (χ1) is 19.0. The number of methoxy groups -OCH3 is 1. The van der Waals surface area contributed by atoms with Gasteiger partial charge in [0.1, 0.15) is 5.75 Å². The molecule has 0 saturated heterocycles. The van der Waals surface area contributed by atoms with E-state index in [4.69, 9.17) is 16.3 Å². The van der Waals surface area contributed by atoms with Gasteiger partial charge in [0.15, 0.2) is 0 Å². The van der Waals surface area contributed by atoms with Gasteiger partial charge in [0, 0.05) is 46.2 Å². The van der Waals surface area contributed by atoms with E-state index >= 15 is 0 Å². The van der Waals surface area contributed by atoms with E-state index in [0.717, 1.165) is 47.8 Å². The number of amides is 2. The summed E-state index contributed by atoms with van der Waals surface area (Å²) < 4.78 is 7.17. The number of carbonyl (C=O) groups is 3. The quantitative estimate of drug-likeness (QED) is 0.354. The summed E-state index contributed by atoms with van der Waals surface area (Å²) in [5.41, 5.74) is 2.27. The van der Waals surface area contributed by atoms with E-state index in [-0.39, 0.29) is 30.2 Å². The van der Waals surface area contributed by atoms with Crippen LogP contribution in [0.1, 0.15) is 74.5 Å². The zero-order valence-electron chi connectivity index (χ0n) is 24.2. The lowest BCUT2D eigenvalue weighted by atomic mass is 9.93. The number of aromatic nitrogens is 1. The van der Waals surface area contributed by atoms with Crippen LogP contribution in [0.2, 0.25) is 5.02 Å². The SMILES string of the molecule is COc1ccc2c(c1)c(CC(=O)N(CCNC(=O)C(C)(C)C)C1CCCCC1)c(C)n2C(=O)c1ccc(Cl)cc1. The summed E-state index contributed by atoms with van der Waals surface area (Å²) in [4.78, 5) is 42.1. The molecule has 214 valence electrons. The molecule has 1 aliphatic rings. The molecule has 0 spiro atoms. The number of rotatable bonds is 8. The van der Waals surface area contributed by atoms with Crippen molar-refractivity contribution >= 4 is 40.2 Å². The largest absolute Gasteiger partial charge is 0.497 e. The highest BCUT2D eigenvalue weighted by molar-refractivity contribution is 6.30. The summed E-state index contributed by atoms with van der Waals surface area (Å²) >= 11 is 6.06. The molecule has 0 bridgehead atoms. The van der Waals surface area contributed by atoms with E-state index < -0.39 is 5.41 Å². The average Bonchev–Trinajstić information content (AvgIpc) is 3.20. The number of carbonyl (C=O) groups excluding carboxylic acids is 3. The van der Waals surface area contributed by atoms with E-state index in [1.54, 1.807) is 35.9 Å². The van der Waals surface area contributed by atoms with Crippen LogP contribution in [0.5, 0.6) is 5.75 Å². The molecule has 8 heteroatoms. The number of ether oxygens (including phenoxy) is 1. The Hall–Kier alpha value is -3.32. The lowest BCUT2D eigenvalue weighted by Crippen LogP contribution is -2.47. The Morgan fingerprint density at radius 2 is 1.73 bits per heavy atom. The Labute approximate surface area is 241 Å². The van der Waals surface area contributed by atoms with Crippen LogP contribution in [-0.2, 0) is 16.0 Å². The molecular formula is C32H40ClN3O4. The molecule has 2 aromatic carbocycles. The molecule has 1 fully saturated rings. The number of benzene rings is 2. The smallest absolute Gasteiger partial charge is 0.262 e. The highest BCUT2D eigenvalue weighted by atomic mass is 35.5. The van der Waals surface area contributed by atoms with Gasteiger partial charge in [-0.05, 0) is 67.8 Å². The van der Waals surface area contributed by atoms with Crippen LogP contribution in [0.4, 0.5) is 0 Å². The number of halogens is 1. The third-order valence-corrected chi connectivity index (χ3v) is 8.07. The van der Waals surface area contributed by atoms with Gasteiger partial charge in [-0.25, -0.2) is 0 Å². The second-order valence-corrected chi connectivity index (χ2v) is 12.1. The molecule has 7 nitrogen and oxygen atoms in total. The normalized spacial score (nSPS) is 14.2. The molecule has 1 aliphatic carbocycles. The monoisotopic (exact) mass is 565 g/mol. The first kappa shape index (κ1) is 29.7. The van der Waals surface area contributed by atoms with Crippen molar-refractivity contribution in [1.82, 2.24) is 14.8 Å². The molecule has 1 saturated carbocycles. The molecule has 4 rings (SSSR count). The number of hydrogen-bond donors (Lipinski definition) is 1. The molecule has 1 N–H and O–H groups in total. The van der Waals surface area contributed by atoms with Gasteiger partial charge >= 0.3 is 0 Å². The van der Waals surface area contributed by atoms with E-state index in [2.05, 4.69) is 5.32 Å². The Morgan fingerprint density at radius 1 is 1.05 bits per heavy atom. The topological polar surface area (TPSA) is 80.6 Å². The maximum atomic E-state index is 14.0.